The van der Waals surface area contributed by atoms with Gasteiger partial charge in [-0.25, -0.2) is 4.79 Å². The molecule has 6 nitrogen and oxygen atoms in total. The van der Waals surface area contributed by atoms with Gasteiger partial charge in [0.25, 0.3) is 0 Å². The van der Waals surface area contributed by atoms with Gasteiger partial charge in [-0.3, -0.25) is 0 Å². The van der Waals surface area contributed by atoms with Crippen molar-refractivity contribution in [2.45, 2.75) is 59.9 Å². The van der Waals surface area contributed by atoms with E-state index in [0.29, 0.717) is 12.1 Å². The Morgan fingerprint density at radius 3 is 2.25 bits per heavy atom. The number of nitrogens with one attached hydrogen (secondary N) is 1. The molecule has 1 heterocycles. The summed E-state index contributed by atoms with van der Waals surface area (Å²) in [6.07, 6.45) is 0. The van der Waals surface area contributed by atoms with Crippen molar-refractivity contribution < 1.29 is 19.0 Å². The molecule has 0 atom stereocenters. The van der Waals surface area contributed by atoms with Crippen LogP contribution in [0.4, 0.5) is 0 Å². The second-order valence-corrected chi connectivity index (χ2v) is 12.2. The molecular weight excluding hydrogens is 548 g/mol. The Balaban J connectivity index is 1.31. The van der Waals surface area contributed by atoms with Gasteiger partial charge in [-0.1, -0.05) is 54.6 Å². The first kappa shape index (κ1) is 30.9. The number of benzene rings is 4. The maximum atomic E-state index is 12.9. The number of esters is 1. The highest BCUT2D eigenvalue weighted by molar-refractivity contribution is 5.97. The predicted molar refractivity (Wildman–Crippen MR) is 178 cm³/mol. The van der Waals surface area contributed by atoms with Crippen LogP contribution in [0.25, 0.3) is 22.0 Å². The van der Waals surface area contributed by atoms with Crippen LogP contribution in [-0.4, -0.2) is 30.4 Å². The fourth-order valence-electron chi connectivity index (χ4n) is 5.57. The van der Waals surface area contributed by atoms with Crippen molar-refractivity contribution in [1.29, 1.82) is 0 Å². The molecule has 1 aromatic heterocycles. The maximum absolute atomic E-state index is 12.9. The summed E-state index contributed by atoms with van der Waals surface area (Å²) in [5.41, 5.74) is 9.18. The SMILES string of the molecule is COc1ccc(CNCc2ccc3c(c2)c(C)c(C)n3Cc2ccc(-c3ccccc3C(=O)OC(C)(C)C)cc2)c(OC)c1. The number of rotatable bonds is 10. The molecule has 1 N–H and O–H groups in total. The third-order valence-corrected chi connectivity index (χ3v) is 7.99. The van der Waals surface area contributed by atoms with Gasteiger partial charge in [0.1, 0.15) is 17.1 Å². The quantitative estimate of drug-likeness (QED) is 0.166. The number of aromatic nitrogens is 1. The number of ether oxygens (including phenoxy) is 3. The van der Waals surface area contributed by atoms with E-state index < -0.39 is 5.60 Å². The number of carbonyl (C=O) groups is 1. The van der Waals surface area contributed by atoms with E-state index >= 15 is 0 Å². The summed E-state index contributed by atoms with van der Waals surface area (Å²) in [7, 11) is 3.34. The zero-order valence-electron chi connectivity index (χ0n) is 26.8. The molecule has 6 heteroatoms. The van der Waals surface area contributed by atoms with Crippen molar-refractivity contribution in [1.82, 2.24) is 9.88 Å². The smallest absolute Gasteiger partial charge is 0.339 e. The molecule has 0 amide bonds. The summed E-state index contributed by atoms with van der Waals surface area (Å²) >= 11 is 0. The van der Waals surface area contributed by atoms with Gasteiger partial charge in [0, 0.05) is 47.9 Å². The van der Waals surface area contributed by atoms with Crippen molar-refractivity contribution in [2.75, 3.05) is 14.2 Å². The van der Waals surface area contributed by atoms with Gasteiger partial charge in [0.05, 0.1) is 19.8 Å². The average molecular weight is 591 g/mol. The Labute approximate surface area is 260 Å². The van der Waals surface area contributed by atoms with Gasteiger partial charge in [-0.05, 0) is 86.7 Å². The van der Waals surface area contributed by atoms with Crippen molar-refractivity contribution in [3.05, 3.63) is 118 Å². The molecule has 4 aromatic carbocycles. The molecule has 228 valence electrons. The minimum Gasteiger partial charge on any atom is -0.497 e. The van der Waals surface area contributed by atoms with E-state index in [1.54, 1.807) is 14.2 Å². The Hall–Kier alpha value is -4.55. The minimum absolute atomic E-state index is 0.308. The molecule has 5 aromatic rings. The van der Waals surface area contributed by atoms with Crippen molar-refractivity contribution in [3.8, 4) is 22.6 Å². The molecule has 0 aliphatic carbocycles. The highest BCUT2D eigenvalue weighted by atomic mass is 16.6. The number of hydrogen-bond donors (Lipinski definition) is 1. The van der Waals surface area contributed by atoms with Crippen LogP contribution in [0.1, 0.15) is 59.1 Å². The monoisotopic (exact) mass is 590 g/mol. The first-order valence-electron chi connectivity index (χ1n) is 15.0. The highest BCUT2D eigenvalue weighted by Gasteiger charge is 2.21. The second-order valence-electron chi connectivity index (χ2n) is 12.2. The lowest BCUT2D eigenvalue weighted by Crippen LogP contribution is -2.24. The van der Waals surface area contributed by atoms with E-state index in [4.69, 9.17) is 14.2 Å². The highest BCUT2D eigenvalue weighted by Crippen LogP contribution is 2.30. The van der Waals surface area contributed by atoms with Crippen LogP contribution in [0.5, 0.6) is 11.5 Å². The summed E-state index contributed by atoms with van der Waals surface area (Å²) in [4.78, 5) is 12.9. The number of carbonyl (C=O) groups excluding carboxylic acids is 1. The molecule has 0 saturated heterocycles. The largest absolute Gasteiger partial charge is 0.497 e. The standard InChI is InChI=1S/C38H42N2O4/c1-25-26(2)40(24-27-12-15-29(16-13-27)32-10-8-9-11-33(32)37(41)44-38(3,4)5)35-19-14-28(20-34(25)35)22-39-23-30-17-18-31(42-6)21-36(30)43-7/h8-21,39H,22-24H2,1-7H3. The van der Waals surface area contributed by atoms with Crippen LogP contribution in [0, 0.1) is 13.8 Å². The Bertz CT molecular complexity index is 1780. The lowest BCUT2D eigenvalue weighted by Gasteiger charge is -2.20. The number of methoxy groups -OCH3 is 2. The minimum atomic E-state index is -0.549. The molecule has 0 aliphatic heterocycles. The van der Waals surface area contributed by atoms with E-state index in [1.165, 1.54) is 33.3 Å². The molecule has 0 aliphatic rings. The van der Waals surface area contributed by atoms with E-state index in [2.05, 4.69) is 66.2 Å². The summed E-state index contributed by atoms with van der Waals surface area (Å²) < 4.78 is 18.9. The molecule has 0 fully saturated rings. The van der Waals surface area contributed by atoms with Crippen LogP contribution >= 0.6 is 0 Å². The fraction of sp³-hybridized carbons (Fsp3) is 0.289. The molecule has 0 saturated carbocycles. The van der Waals surface area contributed by atoms with Crippen LogP contribution in [0.2, 0.25) is 0 Å². The molecule has 5 rings (SSSR count). The Morgan fingerprint density at radius 1 is 0.818 bits per heavy atom. The van der Waals surface area contributed by atoms with Gasteiger partial charge in [0.15, 0.2) is 0 Å². The lowest BCUT2D eigenvalue weighted by atomic mass is 9.98. The number of aryl methyl sites for hydroxylation is 1. The summed E-state index contributed by atoms with van der Waals surface area (Å²) in [5.74, 6) is 1.29. The number of hydrogen-bond acceptors (Lipinski definition) is 5. The second kappa shape index (κ2) is 13.0. The average Bonchev–Trinajstić information content (AvgIpc) is 3.25. The molecular formula is C38H42N2O4. The maximum Gasteiger partial charge on any atom is 0.339 e. The number of fused-ring (bicyclic) bond motifs is 1. The molecule has 0 radical (unpaired) electrons. The van der Waals surface area contributed by atoms with Gasteiger partial charge < -0.3 is 24.1 Å². The van der Waals surface area contributed by atoms with Crippen LogP contribution in [0.3, 0.4) is 0 Å². The topological polar surface area (TPSA) is 61.7 Å². The Morgan fingerprint density at radius 2 is 1.55 bits per heavy atom. The third-order valence-electron chi connectivity index (χ3n) is 7.99. The first-order valence-corrected chi connectivity index (χ1v) is 15.0. The van der Waals surface area contributed by atoms with Crippen LogP contribution < -0.4 is 14.8 Å². The van der Waals surface area contributed by atoms with Gasteiger partial charge in [-0.15, -0.1) is 0 Å². The van der Waals surface area contributed by atoms with Crippen LogP contribution in [0.15, 0.2) is 84.9 Å². The van der Waals surface area contributed by atoms with E-state index in [0.717, 1.165) is 41.3 Å². The zero-order valence-corrected chi connectivity index (χ0v) is 26.8. The summed E-state index contributed by atoms with van der Waals surface area (Å²) in [6, 6.07) is 28.7. The normalized spacial score (nSPS) is 11.5. The lowest BCUT2D eigenvalue weighted by molar-refractivity contribution is 0.00704. The fourth-order valence-corrected chi connectivity index (χ4v) is 5.57. The molecule has 0 bridgehead atoms. The third kappa shape index (κ3) is 6.81. The van der Waals surface area contributed by atoms with Crippen molar-refractivity contribution in [2.24, 2.45) is 0 Å². The number of nitrogens with zero attached hydrogens (tertiary/aromatic N) is 1. The van der Waals surface area contributed by atoms with Crippen molar-refractivity contribution in [3.63, 3.8) is 0 Å². The van der Waals surface area contributed by atoms with Crippen molar-refractivity contribution >= 4 is 16.9 Å². The summed E-state index contributed by atoms with van der Waals surface area (Å²) in [6.45, 7) is 12.3. The first-order chi connectivity index (χ1) is 21.1. The van der Waals surface area contributed by atoms with Gasteiger partial charge in [0.2, 0.25) is 0 Å². The van der Waals surface area contributed by atoms with E-state index in [9.17, 15) is 4.79 Å². The van der Waals surface area contributed by atoms with Gasteiger partial charge >= 0.3 is 5.97 Å². The predicted octanol–water partition coefficient (Wildman–Crippen LogP) is 8.24. The van der Waals surface area contributed by atoms with E-state index in [1.807, 2.05) is 63.2 Å². The molecule has 0 unspecified atom stereocenters. The molecule has 44 heavy (non-hydrogen) atoms. The Kier molecular flexibility index (Phi) is 9.12. The zero-order chi connectivity index (χ0) is 31.4. The van der Waals surface area contributed by atoms with Gasteiger partial charge in [-0.2, -0.15) is 0 Å². The van der Waals surface area contributed by atoms with Crippen LogP contribution in [-0.2, 0) is 24.4 Å². The molecule has 0 spiro atoms. The van der Waals surface area contributed by atoms with E-state index in [-0.39, 0.29) is 5.97 Å². The summed E-state index contributed by atoms with van der Waals surface area (Å²) in [5, 5.41) is 4.83.